The van der Waals surface area contributed by atoms with Gasteiger partial charge in [0.1, 0.15) is 11.2 Å². The Morgan fingerprint density at radius 2 is 0.689 bits per heavy atom. The van der Waals surface area contributed by atoms with Crippen LogP contribution in [0.4, 0.5) is 0 Å². The van der Waals surface area contributed by atoms with Gasteiger partial charge in [0.25, 0.3) is 0 Å². The number of para-hydroxylation sites is 1. The lowest BCUT2D eigenvalue weighted by atomic mass is 9.84. The van der Waals surface area contributed by atoms with Gasteiger partial charge in [-0.15, -0.1) is 0 Å². The zero-order valence-corrected chi connectivity index (χ0v) is 33.1. The second-order valence-corrected chi connectivity index (χ2v) is 15.2. The predicted molar refractivity (Wildman–Crippen MR) is 251 cm³/mol. The van der Waals surface area contributed by atoms with E-state index >= 15 is 0 Å². The molecule has 2 heterocycles. The lowest BCUT2D eigenvalue weighted by Crippen LogP contribution is -2.00. The highest BCUT2D eigenvalue weighted by atomic mass is 16.3. The van der Waals surface area contributed by atoms with Crippen molar-refractivity contribution in [2.45, 2.75) is 0 Å². The molecule has 0 radical (unpaired) electrons. The highest BCUT2D eigenvalue weighted by molar-refractivity contribution is 6.07. The van der Waals surface area contributed by atoms with Crippen LogP contribution in [0.2, 0.25) is 0 Å². The fraction of sp³-hybridized carbons (Fsp3) is 0. The molecule has 0 aliphatic carbocycles. The molecule has 9 aromatic carbocycles. The van der Waals surface area contributed by atoms with Crippen molar-refractivity contribution in [2.24, 2.45) is 0 Å². The zero-order valence-electron chi connectivity index (χ0n) is 33.1. The normalized spacial score (nSPS) is 11.3. The second-order valence-electron chi connectivity index (χ2n) is 15.2. The van der Waals surface area contributed by atoms with Crippen molar-refractivity contribution < 1.29 is 4.42 Å². The van der Waals surface area contributed by atoms with Crippen LogP contribution in [0.1, 0.15) is 0 Å². The fourth-order valence-corrected chi connectivity index (χ4v) is 8.32. The predicted octanol–water partition coefficient (Wildman–Crippen LogP) is 15.1. The van der Waals surface area contributed by atoms with Gasteiger partial charge in [-0.1, -0.05) is 188 Å². The SMILES string of the molecule is c1ccc(-c2cc(-c3ccc(-c4cccc(-c5nc(-c6ccccc6)nc(-c6ccccc6)n5)c4)cc3)c(-c3ccccc3)c(-c3ccc4oc5ccccc5c4c3)c2)cc1. The summed E-state index contributed by atoms with van der Waals surface area (Å²) in [6.07, 6.45) is 0. The first-order valence-electron chi connectivity index (χ1n) is 20.5. The first kappa shape index (κ1) is 35.9. The molecule has 0 saturated heterocycles. The highest BCUT2D eigenvalue weighted by Crippen LogP contribution is 2.45. The standard InChI is InChI=1S/C57H37N3O/c1-5-16-38(17-6-1)47-36-49(54(41-18-7-2-8-19-41)50(37-47)45-32-33-53-51(35-45)48-26-13-14-27-52(48)61-53)40-30-28-39(29-31-40)44-24-15-25-46(34-44)57-59-55(42-20-9-3-10-21-42)58-56(60-57)43-22-11-4-12-23-43/h1-37H. The molecule has 4 heteroatoms. The summed E-state index contributed by atoms with van der Waals surface area (Å²) in [5, 5.41) is 2.22. The molecule has 4 nitrogen and oxygen atoms in total. The number of aromatic nitrogens is 3. The Bertz CT molecular complexity index is 3270. The van der Waals surface area contributed by atoms with Gasteiger partial charge in [0.2, 0.25) is 0 Å². The van der Waals surface area contributed by atoms with Gasteiger partial charge in [-0.3, -0.25) is 0 Å². The first-order chi connectivity index (χ1) is 30.2. The van der Waals surface area contributed by atoms with Crippen LogP contribution in [0.5, 0.6) is 0 Å². The zero-order chi connectivity index (χ0) is 40.5. The Labute approximate surface area is 354 Å². The summed E-state index contributed by atoms with van der Waals surface area (Å²) in [7, 11) is 0. The van der Waals surface area contributed by atoms with Crippen LogP contribution >= 0.6 is 0 Å². The molecular formula is C57H37N3O. The van der Waals surface area contributed by atoms with Crippen molar-refractivity contribution in [3.05, 3.63) is 224 Å². The second kappa shape index (κ2) is 15.5. The van der Waals surface area contributed by atoms with Gasteiger partial charge in [-0.2, -0.15) is 0 Å². The van der Waals surface area contributed by atoms with Gasteiger partial charge in [0.15, 0.2) is 17.5 Å². The van der Waals surface area contributed by atoms with Crippen LogP contribution in [0, 0.1) is 0 Å². The van der Waals surface area contributed by atoms with E-state index in [1.807, 2.05) is 72.8 Å². The maximum Gasteiger partial charge on any atom is 0.164 e. The van der Waals surface area contributed by atoms with Crippen LogP contribution < -0.4 is 0 Å². The minimum absolute atomic E-state index is 0.630. The Morgan fingerprint density at radius 3 is 1.33 bits per heavy atom. The minimum atomic E-state index is 0.630. The largest absolute Gasteiger partial charge is 0.456 e. The quantitative estimate of drug-likeness (QED) is 0.154. The molecule has 0 bridgehead atoms. The summed E-state index contributed by atoms with van der Waals surface area (Å²) in [5.41, 5.74) is 16.0. The van der Waals surface area contributed by atoms with Gasteiger partial charge in [0, 0.05) is 27.5 Å². The van der Waals surface area contributed by atoms with E-state index in [-0.39, 0.29) is 0 Å². The third kappa shape index (κ3) is 6.96. The molecule has 11 aromatic rings. The monoisotopic (exact) mass is 779 g/mol. The van der Waals surface area contributed by atoms with Gasteiger partial charge >= 0.3 is 0 Å². The van der Waals surface area contributed by atoms with Gasteiger partial charge in [-0.05, 0) is 92.0 Å². The molecule has 0 saturated carbocycles. The number of furan rings is 1. The van der Waals surface area contributed by atoms with Crippen LogP contribution in [0.15, 0.2) is 229 Å². The Balaban J connectivity index is 1.04. The molecular weight excluding hydrogens is 743 g/mol. The van der Waals surface area contributed by atoms with E-state index in [2.05, 4.69) is 152 Å². The van der Waals surface area contributed by atoms with Crippen molar-refractivity contribution in [1.82, 2.24) is 15.0 Å². The van der Waals surface area contributed by atoms with Crippen LogP contribution in [-0.2, 0) is 0 Å². The topological polar surface area (TPSA) is 51.8 Å². The summed E-state index contributed by atoms with van der Waals surface area (Å²) in [6.45, 7) is 0. The van der Waals surface area contributed by atoms with Crippen molar-refractivity contribution in [2.75, 3.05) is 0 Å². The summed E-state index contributed by atoms with van der Waals surface area (Å²) in [6, 6.07) is 78.5. The maximum absolute atomic E-state index is 6.26. The van der Waals surface area contributed by atoms with Crippen molar-refractivity contribution in [3.63, 3.8) is 0 Å². The van der Waals surface area contributed by atoms with E-state index in [1.54, 1.807) is 0 Å². The van der Waals surface area contributed by atoms with Crippen LogP contribution in [-0.4, -0.2) is 15.0 Å². The summed E-state index contributed by atoms with van der Waals surface area (Å²) < 4.78 is 6.26. The Hall–Kier alpha value is -8.21. The molecule has 0 spiro atoms. The molecule has 11 rings (SSSR count). The van der Waals surface area contributed by atoms with Crippen molar-refractivity contribution in [1.29, 1.82) is 0 Å². The van der Waals surface area contributed by atoms with E-state index in [0.717, 1.165) is 88.7 Å². The number of nitrogens with zero attached hydrogens (tertiary/aromatic N) is 3. The molecule has 0 fully saturated rings. The maximum atomic E-state index is 6.26. The average Bonchev–Trinajstić information content (AvgIpc) is 3.73. The average molecular weight is 780 g/mol. The minimum Gasteiger partial charge on any atom is -0.456 e. The Morgan fingerprint density at radius 1 is 0.246 bits per heavy atom. The van der Waals surface area contributed by atoms with Crippen molar-refractivity contribution >= 4 is 21.9 Å². The molecule has 0 atom stereocenters. The summed E-state index contributed by atoms with van der Waals surface area (Å²) in [4.78, 5) is 14.9. The van der Waals surface area contributed by atoms with Gasteiger partial charge in [-0.25, -0.2) is 15.0 Å². The third-order valence-corrected chi connectivity index (χ3v) is 11.3. The first-order valence-corrected chi connectivity index (χ1v) is 20.5. The number of hydrogen-bond acceptors (Lipinski definition) is 4. The molecule has 0 unspecified atom stereocenters. The molecule has 61 heavy (non-hydrogen) atoms. The van der Waals surface area contributed by atoms with Crippen molar-refractivity contribution in [3.8, 4) is 89.8 Å². The van der Waals surface area contributed by atoms with Gasteiger partial charge < -0.3 is 4.42 Å². The number of hydrogen-bond donors (Lipinski definition) is 0. The molecule has 0 aliphatic rings. The Kier molecular flexibility index (Phi) is 9.14. The van der Waals surface area contributed by atoms with E-state index < -0.39 is 0 Å². The third-order valence-electron chi connectivity index (χ3n) is 11.3. The van der Waals surface area contributed by atoms with E-state index in [1.165, 1.54) is 5.56 Å². The fourth-order valence-electron chi connectivity index (χ4n) is 8.32. The molecule has 0 N–H and O–H groups in total. The lowest BCUT2D eigenvalue weighted by molar-refractivity contribution is 0.669. The van der Waals surface area contributed by atoms with Gasteiger partial charge in [0.05, 0.1) is 0 Å². The summed E-state index contributed by atoms with van der Waals surface area (Å²) in [5.74, 6) is 1.91. The van der Waals surface area contributed by atoms with E-state index in [4.69, 9.17) is 19.4 Å². The number of benzene rings is 9. The highest BCUT2D eigenvalue weighted by Gasteiger charge is 2.19. The molecule has 0 aliphatic heterocycles. The van der Waals surface area contributed by atoms with E-state index in [0.29, 0.717) is 17.5 Å². The lowest BCUT2D eigenvalue weighted by Gasteiger charge is -2.19. The van der Waals surface area contributed by atoms with E-state index in [9.17, 15) is 0 Å². The number of fused-ring (bicyclic) bond motifs is 3. The smallest absolute Gasteiger partial charge is 0.164 e. The molecule has 2 aromatic heterocycles. The van der Waals surface area contributed by atoms with Crippen LogP contribution in [0.25, 0.3) is 112 Å². The molecule has 0 amide bonds. The number of rotatable bonds is 8. The molecule has 286 valence electrons. The van der Waals surface area contributed by atoms with Crippen LogP contribution in [0.3, 0.4) is 0 Å². The summed E-state index contributed by atoms with van der Waals surface area (Å²) >= 11 is 0.